The van der Waals surface area contributed by atoms with Gasteiger partial charge in [0.15, 0.2) is 9.84 Å². The van der Waals surface area contributed by atoms with Crippen molar-refractivity contribution in [3.63, 3.8) is 0 Å². The molecule has 0 aliphatic rings. The first-order chi connectivity index (χ1) is 9.00. The van der Waals surface area contributed by atoms with E-state index in [-0.39, 0.29) is 42.4 Å². The molecule has 0 saturated heterocycles. The number of halogens is 2. The van der Waals surface area contributed by atoms with Crippen LogP contribution in [-0.4, -0.2) is 25.2 Å². The fraction of sp³-hybridized carbons (Fsp3) is 0.357. The lowest BCUT2D eigenvalue weighted by atomic mass is 10.2. The summed E-state index contributed by atoms with van der Waals surface area (Å²) in [6.45, 7) is 1.89. The van der Waals surface area contributed by atoms with Crippen LogP contribution >= 0.6 is 24.8 Å². The van der Waals surface area contributed by atoms with Gasteiger partial charge in [-0.25, -0.2) is 8.42 Å². The van der Waals surface area contributed by atoms with Crippen molar-refractivity contribution in [3.05, 3.63) is 42.1 Å². The minimum atomic E-state index is -3.18. The highest BCUT2D eigenvalue weighted by Crippen LogP contribution is 2.15. The maximum absolute atomic E-state index is 12.0. The van der Waals surface area contributed by atoms with Crippen LogP contribution in [0.4, 0.5) is 0 Å². The normalized spacial score (nSPS) is 12.3. The highest BCUT2D eigenvalue weighted by molar-refractivity contribution is 7.90. The predicted molar refractivity (Wildman–Crippen MR) is 92.0 cm³/mol. The van der Waals surface area contributed by atoms with Crippen molar-refractivity contribution < 1.29 is 8.42 Å². The molecule has 0 fully saturated rings. The first kappa shape index (κ1) is 20.1. The van der Waals surface area contributed by atoms with Gasteiger partial charge in [0.25, 0.3) is 0 Å². The zero-order valence-corrected chi connectivity index (χ0v) is 14.2. The average molecular weight is 351 g/mol. The number of nitrogens with two attached hydrogens (primary N) is 1. The molecule has 1 atom stereocenters. The number of aromatic nitrogens is 1. The van der Waals surface area contributed by atoms with Crippen molar-refractivity contribution >= 4 is 45.6 Å². The smallest absolute Gasteiger partial charge is 0.156 e. The van der Waals surface area contributed by atoms with Gasteiger partial charge in [-0.2, -0.15) is 0 Å². The van der Waals surface area contributed by atoms with E-state index < -0.39 is 9.84 Å². The topological polar surface area (TPSA) is 73.1 Å². The molecule has 1 aromatic heterocycles. The largest absolute Gasteiger partial charge is 0.327 e. The summed E-state index contributed by atoms with van der Waals surface area (Å²) in [7, 11) is -3.18. The molecule has 0 amide bonds. The van der Waals surface area contributed by atoms with Crippen LogP contribution in [-0.2, 0) is 15.6 Å². The Labute approximate surface area is 137 Å². The minimum Gasteiger partial charge on any atom is -0.327 e. The predicted octanol–water partition coefficient (Wildman–Crippen LogP) is 2.73. The number of para-hydroxylation sites is 1. The monoisotopic (exact) mass is 350 g/mol. The fourth-order valence-electron chi connectivity index (χ4n) is 1.95. The summed E-state index contributed by atoms with van der Waals surface area (Å²) in [5.74, 6) is 0.0227. The molecule has 118 valence electrons. The van der Waals surface area contributed by atoms with Crippen molar-refractivity contribution in [1.82, 2.24) is 4.98 Å². The molecule has 0 bridgehead atoms. The number of sulfone groups is 1. The molecule has 1 unspecified atom stereocenters. The van der Waals surface area contributed by atoms with Gasteiger partial charge in [-0.05, 0) is 24.1 Å². The first-order valence-electron chi connectivity index (χ1n) is 6.30. The van der Waals surface area contributed by atoms with E-state index in [1.165, 1.54) is 0 Å². The summed E-state index contributed by atoms with van der Waals surface area (Å²) in [5, 5.41) is 0.954. The summed E-state index contributed by atoms with van der Waals surface area (Å²) >= 11 is 0. The molecule has 2 N–H and O–H groups in total. The van der Waals surface area contributed by atoms with Gasteiger partial charge in [0.1, 0.15) is 0 Å². The van der Waals surface area contributed by atoms with Gasteiger partial charge in [0.2, 0.25) is 0 Å². The van der Waals surface area contributed by atoms with E-state index in [9.17, 15) is 8.42 Å². The van der Waals surface area contributed by atoms with Crippen LogP contribution in [0, 0.1) is 0 Å². The third-order valence-corrected chi connectivity index (χ3v) is 4.74. The molecule has 4 nitrogen and oxygen atoms in total. The molecule has 0 radical (unpaired) electrons. The lowest BCUT2D eigenvalue weighted by molar-refractivity contribution is 0.583. The lowest BCUT2D eigenvalue weighted by Crippen LogP contribution is -2.29. The van der Waals surface area contributed by atoms with E-state index >= 15 is 0 Å². The van der Waals surface area contributed by atoms with Gasteiger partial charge in [0.05, 0.1) is 17.0 Å². The Morgan fingerprint density at radius 1 is 1.24 bits per heavy atom. The molecule has 0 aliphatic carbocycles. The molecule has 1 aromatic carbocycles. The van der Waals surface area contributed by atoms with Crippen LogP contribution in [0.25, 0.3) is 10.9 Å². The maximum Gasteiger partial charge on any atom is 0.156 e. The van der Waals surface area contributed by atoms with E-state index in [0.717, 1.165) is 10.9 Å². The maximum atomic E-state index is 12.0. The van der Waals surface area contributed by atoms with Gasteiger partial charge in [-0.15, -0.1) is 24.8 Å². The van der Waals surface area contributed by atoms with Crippen LogP contribution < -0.4 is 5.73 Å². The molecule has 21 heavy (non-hydrogen) atoms. The zero-order valence-electron chi connectivity index (χ0n) is 11.7. The molecular weight excluding hydrogens is 331 g/mol. The Balaban J connectivity index is 0.00000200. The number of fused-ring (bicyclic) bond motifs is 1. The van der Waals surface area contributed by atoms with Gasteiger partial charge in [0, 0.05) is 17.6 Å². The summed E-state index contributed by atoms with van der Waals surface area (Å²) in [6.07, 6.45) is 2.28. The fourth-order valence-corrected chi connectivity index (χ4v) is 3.62. The SMILES string of the molecule is CCC(N)CS(=O)(=O)Cc1cnc2ccccc2c1.Cl.Cl. The van der Waals surface area contributed by atoms with Gasteiger partial charge < -0.3 is 5.73 Å². The Kier molecular flexibility index (Phi) is 8.18. The van der Waals surface area contributed by atoms with Crippen molar-refractivity contribution in [3.8, 4) is 0 Å². The second-order valence-electron chi connectivity index (χ2n) is 4.76. The van der Waals surface area contributed by atoms with E-state index in [4.69, 9.17) is 5.73 Å². The van der Waals surface area contributed by atoms with Crippen LogP contribution in [0.2, 0.25) is 0 Å². The summed E-state index contributed by atoms with van der Waals surface area (Å²) < 4.78 is 24.0. The van der Waals surface area contributed by atoms with Gasteiger partial charge >= 0.3 is 0 Å². The summed E-state index contributed by atoms with van der Waals surface area (Å²) in [5.41, 5.74) is 7.29. The first-order valence-corrected chi connectivity index (χ1v) is 8.12. The van der Waals surface area contributed by atoms with Crippen molar-refractivity contribution in [2.45, 2.75) is 25.1 Å². The van der Waals surface area contributed by atoms with Gasteiger partial charge in [-0.3, -0.25) is 4.98 Å². The average Bonchev–Trinajstić information content (AvgIpc) is 2.37. The molecule has 2 aromatic rings. The third-order valence-electron chi connectivity index (χ3n) is 3.03. The highest BCUT2D eigenvalue weighted by atomic mass is 35.5. The van der Waals surface area contributed by atoms with Crippen molar-refractivity contribution in [2.75, 3.05) is 5.75 Å². The quantitative estimate of drug-likeness (QED) is 0.899. The number of pyridine rings is 1. The number of nitrogens with zero attached hydrogens (tertiary/aromatic N) is 1. The van der Waals surface area contributed by atoms with Crippen LogP contribution in [0.15, 0.2) is 36.5 Å². The lowest BCUT2D eigenvalue weighted by Gasteiger charge is -2.10. The number of hydrogen-bond donors (Lipinski definition) is 1. The zero-order chi connectivity index (χ0) is 13.9. The van der Waals surface area contributed by atoms with Crippen LogP contribution in [0.1, 0.15) is 18.9 Å². The Hall–Kier alpha value is -0.880. The second kappa shape index (κ2) is 8.54. The van der Waals surface area contributed by atoms with Crippen molar-refractivity contribution in [1.29, 1.82) is 0 Å². The number of hydrogen-bond acceptors (Lipinski definition) is 4. The minimum absolute atomic E-state index is 0. The van der Waals surface area contributed by atoms with Crippen molar-refractivity contribution in [2.24, 2.45) is 5.73 Å². The summed E-state index contributed by atoms with van der Waals surface area (Å²) in [6, 6.07) is 9.23. The molecule has 7 heteroatoms. The molecule has 0 aliphatic heterocycles. The standard InChI is InChI=1S/C14H18N2O2S.2ClH/c1-2-13(15)10-19(17,18)9-11-7-12-5-3-4-6-14(12)16-8-11;;/h3-8,13H,2,9-10,15H2,1H3;2*1H. The van der Waals surface area contributed by atoms with E-state index in [1.807, 2.05) is 37.3 Å². The number of benzene rings is 1. The molecule has 1 heterocycles. The highest BCUT2D eigenvalue weighted by Gasteiger charge is 2.16. The molecule has 0 saturated carbocycles. The van der Waals surface area contributed by atoms with E-state index in [0.29, 0.717) is 12.0 Å². The molecule has 0 spiro atoms. The second-order valence-corrected chi connectivity index (χ2v) is 6.87. The Morgan fingerprint density at radius 2 is 1.90 bits per heavy atom. The van der Waals surface area contributed by atoms with E-state index in [1.54, 1.807) is 6.20 Å². The van der Waals surface area contributed by atoms with Crippen LogP contribution in [0.5, 0.6) is 0 Å². The Morgan fingerprint density at radius 3 is 2.57 bits per heavy atom. The number of rotatable bonds is 5. The third kappa shape index (κ3) is 5.79. The summed E-state index contributed by atoms with van der Waals surface area (Å²) in [4.78, 5) is 4.27. The van der Waals surface area contributed by atoms with Gasteiger partial charge in [-0.1, -0.05) is 25.1 Å². The molecular formula is C14H20Cl2N2O2S. The van der Waals surface area contributed by atoms with E-state index in [2.05, 4.69) is 4.98 Å². The van der Waals surface area contributed by atoms with Crippen LogP contribution in [0.3, 0.4) is 0 Å². The Bertz CT molecular complexity index is 677. The molecule has 2 rings (SSSR count).